The van der Waals surface area contributed by atoms with Crippen molar-refractivity contribution in [2.45, 2.75) is 20.5 Å². The van der Waals surface area contributed by atoms with E-state index in [-0.39, 0.29) is 6.61 Å². The molecule has 4 nitrogen and oxygen atoms in total. The molecule has 0 N–H and O–H groups in total. The van der Waals surface area contributed by atoms with Crippen molar-refractivity contribution in [1.29, 1.82) is 0 Å². The van der Waals surface area contributed by atoms with E-state index in [1.165, 1.54) is 5.56 Å². The summed E-state index contributed by atoms with van der Waals surface area (Å²) in [7, 11) is 1.57. The molecule has 2 rings (SSSR count). The van der Waals surface area contributed by atoms with E-state index in [1.54, 1.807) is 25.3 Å². The van der Waals surface area contributed by atoms with Gasteiger partial charge in [-0.1, -0.05) is 23.8 Å². The molecule has 2 aromatic rings. The van der Waals surface area contributed by atoms with Crippen molar-refractivity contribution in [3.05, 3.63) is 53.1 Å². The van der Waals surface area contributed by atoms with Crippen molar-refractivity contribution in [2.24, 2.45) is 4.99 Å². The predicted molar refractivity (Wildman–Crippen MR) is 81.0 cm³/mol. The maximum atomic E-state index is 10.5. The molecule has 0 aliphatic carbocycles. The summed E-state index contributed by atoms with van der Waals surface area (Å²) in [4.78, 5) is 14.2. The van der Waals surface area contributed by atoms with Crippen LogP contribution in [0.4, 0.5) is 5.69 Å². The van der Waals surface area contributed by atoms with E-state index in [0.717, 1.165) is 16.9 Å². The van der Waals surface area contributed by atoms with Crippen LogP contribution < -0.4 is 9.47 Å². The summed E-state index contributed by atoms with van der Waals surface area (Å²) in [5.74, 6) is 1.43. The molecule has 0 aliphatic rings. The van der Waals surface area contributed by atoms with E-state index in [1.807, 2.05) is 32.0 Å². The Hall–Kier alpha value is -2.58. The van der Waals surface area contributed by atoms with Crippen molar-refractivity contribution >= 4 is 11.8 Å². The SMILES string of the molecule is COc1cccc(N=C=O)c1COc1ccc(C)cc1C. The monoisotopic (exact) mass is 283 g/mol. The van der Waals surface area contributed by atoms with Crippen LogP contribution in [-0.4, -0.2) is 13.2 Å². The molecule has 0 atom stereocenters. The lowest BCUT2D eigenvalue weighted by atomic mass is 10.1. The second-order valence-corrected chi connectivity index (χ2v) is 4.72. The van der Waals surface area contributed by atoms with Gasteiger partial charge in [-0.15, -0.1) is 0 Å². The fourth-order valence-electron chi connectivity index (χ4n) is 2.16. The Bertz CT molecular complexity index is 688. The van der Waals surface area contributed by atoms with Gasteiger partial charge >= 0.3 is 0 Å². The van der Waals surface area contributed by atoms with Crippen molar-refractivity contribution < 1.29 is 14.3 Å². The molecule has 0 heterocycles. The minimum atomic E-state index is 0.272. The molecule has 21 heavy (non-hydrogen) atoms. The van der Waals surface area contributed by atoms with Crippen LogP contribution in [0.15, 0.2) is 41.4 Å². The zero-order valence-corrected chi connectivity index (χ0v) is 12.3. The van der Waals surface area contributed by atoms with Gasteiger partial charge in [0.15, 0.2) is 0 Å². The molecule has 2 aromatic carbocycles. The van der Waals surface area contributed by atoms with E-state index in [0.29, 0.717) is 11.4 Å². The molecule has 0 fully saturated rings. The van der Waals surface area contributed by atoms with Gasteiger partial charge in [-0.25, -0.2) is 4.79 Å². The third kappa shape index (κ3) is 3.50. The summed E-state index contributed by atoms with van der Waals surface area (Å²) in [5.41, 5.74) is 3.48. The van der Waals surface area contributed by atoms with Crippen molar-refractivity contribution in [3.63, 3.8) is 0 Å². The van der Waals surface area contributed by atoms with Crippen molar-refractivity contribution in [1.82, 2.24) is 0 Å². The van der Waals surface area contributed by atoms with Gasteiger partial charge in [0.25, 0.3) is 0 Å². The Morgan fingerprint density at radius 3 is 2.62 bits per heavy atom. The first kappa shape index (κ1) is 14.8. The van der Waals surface area contributed by atoms with Crippen LogP contribution in [0.5, 0.6) is 11.5 Å². The molecule has 0 saturated heterocycles. The number of nitrogens with zero attached hydrogens (tertiary/aromatic N) is 1. The third-order valence-corrected chi connectivity index (χ3v) is 3.20. The highest BCUT2D eigenvalue weighted by Gasteiger charge is 2.10. The van der Waals surface area contributed by atoms with Gasteiger partial charge < -0.3 is 9.47 Å². The standard InChI is InChI=1S/C17H17NO3/c1-12-7-8-16(13(2)9-12)21-10-14-15(18-11-19)5-4-6-17(14)20-3/h4-9H,10H2,1-3H3. The number of methoxy groups -OCH3 is 1. The summed E-state index contributed by atoms with van der Waals surface area (Å²) in [6.07, 6.45) is 1.56. The molecule has 0 spiro atoms. The minimum Gasteiger partial charge on any atom is -0.496 e. The van der Waals surface area contributed by atoms with E-state index in [2.05, 4.69) is 11.1 Å². The predicted octanol–water partition coefficient (Wildman–Crippen LogP) is 3.86. The lowest BCUT2D eigenvalue weighted by molar-refractivity contribution is 0.295. The van der Waals surface area contributed by atoms with Crippen LogP contribution in [0.2, 0.25) is 0 Å². The number of hydrogen-bond acceptors (Lipinski definition) is 4. The number of rotatable bonds is 5. The molecule has 0 aromatic heterocycles. The first-order chi connectivity index (χ1) is 10.2. The molecule has 0 unspecified atom stereocenters. The summed E-state index contributed by atoms with van der Waals surface area (Å²) < 4.78 is 11.1. The summed E-state index contributed by atoms with van der Waals surface area (Å²) in [5, 5.41) is 0. The Morgan fingerprint density at radius 1 is 1.14 bits per heavy atom. The van der Waals surface area contributed by atoms with Crippen LogP contribution in [0.25, 0.3) is 0 Å². The van der Waals surface area contributed by atoms with Gasteiger partial charge in [0.1, 0.15) is 18.1 Å². The van der Waals surface area contributed by atoms with Gasteiger partial charge in [-0.05, 0) is 37.6 Å². The summed E-state index contributed by atoms with van der Waals surface area (Å²) >= 11 is 0. The fourth-order valence-corrected chi connectivity index (χ4v) is 2.16. The zero-order valence-electron chi connectivity index (χ0n) is 12.3. The van der Waals surface area contributed by atoms with Crippen LogP contribution in [0.1, 0.15) is 16.7 Å². The van der Waals surface area contributed by atoms with Crippen LogP contribution in [0.3, 0.4) is 0 Å². The van der Waals surface area contributed by atoms with Crippen LogP contribution >= 0.6 is 0 Å². The lowest BCUT2D eigenvalue weighted by Crippen LogP contribution is -2.00. The summed E-state index contributed by atoms with van der Waals surface area (Å²) in [6, 6.07) is 11.3. The highest BCUT2D eigenvalue weighted by Crippen LogP contribution is 2.30. The largest absolute Gasteiger partial charge is 0.496 e. The molecule has 0 radical (unpaired) electrons. The Balaban J connectivity index is 2.28. The van der Waals surface area contributed by atoms with Gasteiger partial charge in [0.2, 0.25) is 6.08 Å². The Morgan fingerprint density at radius 2 is 1.95 bits per heavy atom. The van der Waals surface area contributed by atoms with E-state index in [4.69, 9.17) is 9.47 Å². The highest BCUT2D eigenvalue weighted by atomic mass is 16.5. The zero-order chi connectivity index (χ0) is 15.2. The van der Waals surface area contributed by atoms with Gasteiger partial charge in [-0.2, -0.15) is 4.99 Å². The average molecular weight is 283 g/mol. The quantitative estimate of drug-likeness (QED) is 0.618. The van der Waals surface area contributed by atoms with Crippen molar-refractivity contribution in [2.75, 3.05) is 7.11 Å². The molecular weight excluding hydrogens is 266 g/mol. The fraction of sp³-hybridized carbons (Fsp3) is 0.235. The maximum Gasteiger partial charge on any atom is 0.240 e. The Labute approximate surface area is 124 Å². The second kappa shape index (κ2) is 6.73. The molecule has 0 amide bonds. The molecule has 0 bridgehead atoms. The lowest BCUT2D eigenvalue weighted by Gasteiger charge is -2.13. The molecule has 0 aliphatic heterocycles. The van der Waals surface area contributed by atoms with Crippen LogP contribution in [-0.2, 0) is 11.4 Å². The minimum absolute atomic E-state index is 0.272. The van der Waals surface area contributed by atoms with E-state index >= 15 is 0 Å². The molecular formula is C17H17NO3. The number of isocyanates is 1. The molecule has 4 heteroatoms. The third-order valence-electron chi connectivity index (χ3n) is 3.20. The Kier molecular flexibility index (Phi) is 4.75. The summed E-state index contributed by atoms with van der Waals surface area (Å²) in [6.45, 7) is 4.30. The van der Waals surface area contributed by atoms with Gasteiger partial charge in [0, 0.05) is 0 Å². The first-order valence-corrected chi connectivity index (χ1v) is 6.59. The number of carbonyl (C=O) groups excluding carboxylic acids is 1. The number of ether oxygens (including phenoxy) is 2. The smallest absolute Gasteiger partial charge is 0.240 e. The average Bonchev–Trinajstić information content (AvgIpc) is 2.47. The van der Waals surface area contributed by atoms with E-state index < -0.39 is 0 Å². The number of aryl methyl sites for hydroxylation is 2. The van der Waals surface area contributed by atoms with Crippen LogP contribution in [0, 0.1) is 13.8 Å². The maximum absolute atomic E-state index is 10.5. The topological polar surface area (TPSA) is 47.9 Å². The number of aliphatic imine (C=N–C) groups is 1. The molecule has 0 saturated carbocycles. The number of hydrogen-bond donors (Lipinski definition) is 0. The normalized spacial score (nSPS) is 9.86. The second-order valence-electron chi connectivity index (χ2n) is 4.72. The molecule has 108 valence electrons. The first-order valence-electron chi connectivity index (χ1n) is 6.59. The highest BCUT2D eigenvalue weighted by molar-refractivity contribution is 5.58. The van der Waals surface area contributed by atoms with Gasteiger partial charge in [-0.3, -0.25) is 0 Å². The van der Waals surface area contributed by atoms with E-state index in [9.17, 15) is 4.79 Å². The van der Waals surface area contributed by atoms with Crippen molar-refractivity contribution in [3.8, 4) is 11.5 Å². The number of benzene rings is 2. The van der Waals surface area contributed by atoms with Gasteiger partial charge in [0.05, 0.1) is 18.4 Å².